The fourth-order valence-corrected chi connectivity index (χ4v) is 2.32. The molecule has 3 N–H and O–H groups in total. The zero-order valence-corrected chi connectivity index (χ0v) is 10.7. The predicted molar refractivity (Wildman–Crippen MR) is 64.2 cm³/mol. The second-order valence-electron chi connectivity index (χ2n) is 5.38. The van der Waals surface area contributed by atoms with E-state index in [9.17, 15) is 14.4 Å². The van der Waals surface area contributed by atoms with Crippen molar-refractivity contribution < 1.29 is 14.4 Å². The molecule has 2 aliphatic rings. The van der Waals surface area contributed by atoms with Gasteiger partial charge < -0.3 is 5.73 Å². The number of hydrogen-bond acceptors (Lipinski definition) is 4. The van der Waals surface area contributed by atoms with Crippen molar-refractivity contribution in [2.75, 3.05) is 0 Å². The Kier molecular flexibility index (Phi) is 3.38. The number of hydrogen-bond donors (Lipinski definition) is 2. The minimum absolute atomic E-state index is 0.0135. The third-order valence-corrected chi connectivity index (χ3v) is 3.45. The van der Waals surface area contributed by atoms with Crippen LogP contribution in [-0.2, 0) is 14.4 Å². The Balaban J connectivity index is 2.04. The second kappa shape index (κ2) is 4.68. The Labute approximate surface area is 106 Å². The Bertz CT molecular complexity index is 390. The van der Waals surface area contributed by atoms with Crippen LogP contribution in [0.5, 0.6) is 0 Å². The van der Waals surface area contributed by atoms with E-state index in [1.807, 2.05) is 13.8 Å². The molecule has 2 rings (SSSR count). The summed E-state index contributed by atoms with van der Waals surface area (Å²) in [4.78, 5) is 36.5. The van der Waals surface area contributed by atoms with Crippen molar-refractivity contribution in [1.82, 2.24) is 10.2 Å². The molecule has 6 heteroatoms. The summed E-state index contributed by atoms with van der Waals surface area (Å²) < 4.78 is 0. The van der Waals surface area contributed by atoms with E-state index in [4.69, 9.17) is 5.73 Å². The van der Waals surface area contributed by atoms with Gasteiger partial charge in [-0.3, -0.25) is 24.6 Å². The number of imide groups is 1. The smallest absolute Gasteiger partial charge is 0.247 e. The number of amides is 3. The number of nitrogens with two attached hydrogens (primary N) is 1. The molecule has 6 nitrogen and oxygen atoms in total. The molecule has 1 saturated carbocycles. The highest BCUT2D eigenvalue weighted by Crippen LogP contribution is 2.31. The highest BCUT2D eigenvalue weighted by molar-refractivity contribution is 6.06. The topological polar surface area (TPSA) is 92.5 Å². The highest BCUT2D eigenvalue weighted by atomic mass is 16.2. The summed E-state index contributed by atoms with van der Waals surface area (Å²) in [6.07, 6.45) is 1.92. The largest absolute Gasteiger partial charge is 0.368 e. The van der Waals surface area contributed by atoms with E-state index in [1.54, 1.807) is 0 Å². The van der Waals surface area contributed by atoms with Gasteiger partial charge in [0.05, 0.1) is 18.5 Å². The third kappa shape index (κ3) is 2.38. The lowest BCUT2D eigenvalue weighted by atomic mass is 10.0. The molecule has 1 aliphatic heterocycles. The summed E-state index contributed by atoms with van der Waals surface area (Å²) in [5.74, 6) is -0.864. The third-order valence-electron chi connectivity index (χ3n) is 3.45. The van der Waals surface area contributed by atoms with E-state index < -0.39 is 18.0 Å². The molecule has 18 heavy (non-hydrogen) atoms. The van der Waals surface area contributed by atoms with Crippen LogP contribution < -0.4 is 11.1 Å². The van der Waals surface area contributed by atoms with E-state index >= 15 is 0 Å². The zero-order valence-electron chi connectivity index (χ0n) is 10.7. The van der Waals surface area contributed by atoms with E-state index in [-0.39, 0.29) is 30.2 Å². The van der Waals surface area contributed by atoms with Crippen LogP contribution in [0.4, 0.5) is 0 Å². The summed E-state index contributed by atoms with van der Waals surface area (Å²) in [6, 6.07) is -1.09. The lowest BCUT2D eigenvalue weighted by Crippen LogP contribution is -2.52. The summed E-state index contributed by atoms with van der Waals surface area (Å²) in [5, 5.41) is 2.92. The summed E-state index contributed by atoms with van der Waals surface area (Å²) in [5.41, 5.74) is 5.29. The number of primary amides is 1. The molecule has 0 aromatic heterocycles. The molecule has 1 saturated heterocycles. The number of nitrogens with one attached hydrogen (secondary N) is 1. The van der Waals surface area contributed by atoms with Crippen LogP contribution >= 0.6 is 0 Å². The first-order chi connectivity index (χ1) is 8.41. The number of carbonyl (C=O) groups excluding carboxylic acids is 3. The van der Waals surface area contributed by atoms with Gasteiger partial charge in [0.2, 0.25) is 17.7 Å². The number of carbonyl (C=O) groups is 3. The lowest BCUT2D eigenvalue weighted by molar-refractivity contribution is -0.139. The van der Waals surface area contributed by atoms with Gasteiger partial charge >= 0.3 is 0 Å². The standard InChI is InChI=1S/C12H19N3O3/c1-6(2)10(11(13)17)14-8-5-9(16)15(12(8)18)7-3-4-7/h6-8,10,14H,3-5H2,1-2H3,(H2,13,17). The molecule has 2 atom stereocenters. The fraction of sp³-hybridized carbons (Fsp3) is 0.750. The lowest BCUT2D eigenvalue weighted by Gasteiger charge is -2.22. The monoisotopic (exact) mass is 253 g/mol. The van der Waals surface area contributed by atoms with Gasteiger partial charge in [-0.1, -0.05) is 13.8 Å². The Morgan fingerprint density at radius 3 is 2.44 bits per heavy atom. The van der Waals surface area contributed by atoms with Crippen LogP contribution in [0.15, 0.2) is 0 Å². The Morgan fingerprint density at radius 2 is 2.00 bits per heavy atom. The van der Waals surface area contributed by atoms with Gasteiger partial charge in [-0.05, 0) is 18.8 Å². The Morgan fingerprint density at radius 1 is 1.39 bits per heavy atom. The first-order valence-electron chi connectivity index (χ1n) is 6.33. The summed E-state index contributed by atoms with van der Waals surface area (Å²) in [6.45, 7) is 3.70. The van der Waals surface area contributed by atoms with Crippen LogP contribution in [0.2, 0.25) is 0 Å². The van der Waals surface area contributed by atoms with Gasteiger partial charge in [0.25, 0.3) is 0 Å². The average Bonchev–Trinajstić information content (AvgIpc) is 3.03. The minimum atomic E-state index is -0.599. The first kappa shape index (κ1) is 13.0. The van der Waals surface area contributed by atoms with Crippen molar-refractivity contribution in [1.29, 1.82) is 0 Å². The summed E-state index contributed by atoms with van der Waals surface area (Å²) >= 11 is 0. The normalized spacial score (nSPS) is 25.9. The maximum absolute atomic E-state index is 12.1. The molecule has 0 aromatic rings. The maximum atomic E-state index is 12.1. The van der Waals surface area contributed by atoms with Crippen molar-refractivity contribution in [2.45, 2.75) is 51.2 Å². The molecule has 3 amide bonds. The molecule has 1 heterocycles. The van der Waals surface area contributed by atoms with Crippen LogP contribution in [-0.4, -0.2) is 40.7 Å². The van der Waals surface area contributed by atoms with E-state index in [1.165, 1.54) is 4.90 Å². The van der Waals surface area contributed by atoms with Gasteiger partial charge in [-0.2, -0.15) is 0 Å². The quantitative estimate of drug-likeness (QED) is 0.638. The minimum Gasteiger partial charge on any atom is -0.368 e. The van der Waals surface area contributed by atoms with Gasteiger partial charge in [0.1, 0.15) is 0 Å². The van der Waals surface area contributed by atoms with Crippen molar-refractivity contribution in [3.05, 3.63) is 0 Å². The average molecular weight is 253 g/mol. The second-order valence-corrected chi connectivity index (χ2v) is 5.38. The van der Waals surface area contributed by atoms with E-state index in [0.717, 1.165) is 12.8 Å². The van der Waals surface area contributed by atoms with E-state index in [2.05, 4.69) is 5.32 Å². The molecule has 0 bridgehead atoms. The van der Waals surface area contributed by atoms with Crippen LogP contribution in [0.3, 0.4) is 0 Å². The fourth-order valence-electron chi connectivity index (χ4n) is 2.32. The van der Waals surface area contributed by atoms with Gasteiger partial charge in [0.15, 0.2) is 0 Å². The van der Waals surface area contributed by atoms with Crippen molar-refractivity contribution >= 4 is 17.7 Å². The highest BCUT2D eigenvalue weighted by Gasteiger charge is 2.46. The number of rotatable bonds is 5. The maximum Gasteiger partial charge on any atom is 0.247 e. The molecule has 0 aromatic carbocycles. The molecule has 2 fully saturated rings. The van der Waals surface area contributed by atoms with Crippen LogP contribution in [0.25, 0.3) is 0 Å². The molecular formula is C12H19N3O3. The summed E-state index contributed by atoms with van der Waals surface area (Å²) in [7, 11) is 0. The van der Waals surface area contributed by atoms with Crippen LogP contribution in [0.1, 0.15) is 33.1 Å². The van der Waals surface area contributed by atoms with Gasteiger partial charge in [-0.15, -0.1) is 0 Å². The van der Waals surface area contributed by atoms with Gasteiger partial charge in [0, 0.05) is 6.04 Å². The number of nitrogens with zero attached hydrogens (tertiary/aromatic N) is 1. The van der Waals surface area contributed by atoms with Crippen LogP contribution in [0, 0.1) is 5.92 Å². The molecule has 2 unspecified atom stereocenters. The molecular weight excluding hydrogens is 234 g/mol. The van der Waals surface area contributed by atoms with Crippen molar-refractivity contribution in [3.8, 4) is 0 Å². The molecule has 0 spiro atoms. The predicted octanol–water partition coefficient (Wildman–Crippen LogP) is -0.624. The first-order valence-corrected chi connectivity index (χ1v) is 6.33. The SMILES string of the molecule is CC(C)C(NC1CC(=O)N(C2CC2)C1=O)C(N)=O. The van der Waals surface area contributed by atoms with Gasteiger partial charge in [-0.25, -0.2) is 0 Å². The van der Waals surface area contributed by atoms with Crippen molar-refractivity contribution in [3.63, 3.8) is 0 Å². The Hall–Kier alpha value is -1.43. The molecule has 0 radical (unpaired) electrons. The number of likely N-dealkylation sites (tertiary alicyclic amines) is 1. The van der Waals surface area contributed by atoms with Crippen molar-refractivity contribution in [2.24, 2.45) is 11.7 Å². The zero-order chi connectivity index (χ0) is 13.4. The molecule has 1 aliphatic carbocycles. The van der Waals surface area contributed by atoms with E-state index in [0.29, 0.717) is 0 Å². The molecule has 100 valence electrons.